The molecule has 1 aromatic heterocycles. The van der Waals surface area contributed by atoms with E-state index in [1.54, 1.807) is 12.3 Å². The molecule has 3 nitrogen and oxygen atoms in total. The SMILES string of the molecule is Cc1ncccc1CNc1cc(C(F)(F)F)ccc1N1CCCCC1. The van der Waals surface area contributed by atoms with Crippen LogP contribution in [0.2, 0.25) is 0 Å². The van der Waals surface area contributed by atoms with Gasteiger partial charge in [-0.1, -0.05) is 6.07 Å². The highest BCUT2D eigenvalue weighted by Gasteiger charge is 2.31. The Morgan fingerprint density at radius 1 is 1.12 bits per heavy atom. The van der Waals surface area contributed by atoms with Crippen molar-refractivity contribution >= 4 is 11.4 Å². The summed E-state index contributed by atoms with van der Waals surface area (Å²) in [6.07, 6.45) is 0.683. The summed E-state index contributed by atoms with van der Waals surface area (Å²) < 4.78 is 39.4. The van der Waals surface area contributed by atoms with Crippen molar-refractivity contribution in [1.82, 2.24) is 4.98 Å². The Bertz CT molecular complexity index is 722. The molecule has 3 rings (SSSR count). The lowest BCUT2D eigenvalue weighted by Crippen LogP contribution is -2.30. The van der Waals surface area contributed by atoms with Crippen LogP contribution in [0.15, 0.2) is 36.5 Å². The maximum absolute atomic E-state index is 13.1. The van der Waals surface area contributed by atoms with Crippen LogP contribution in [0, 0.1) is 6.92 Å². The molecular weight excluding hydrogens is 327 g/mol. The Kier molecular flexibility index (Phi) is 5.16. The highest BCUT2D eigenvalue weighted by molar-refractivity contribution is 5.71. The first-order chi connectivity index (χ1) is 11.9. The number of hydrogen-bond donors (Lipinski definition) is 1. The number of anilines is 2. The highest BCUT2D eigenvalue weighted by atomic mass is 19.4. The molecule has 0 radical (unpaired) electrons. The molecule has 2 heterocycles. The fourth-order valence-electron chi connectivity index (χ4n) is 3.16. The smallest absolute Gasteiger partial charge is 0.379 e. The van der Waals surface area contributed by atoms with E-state index in [9.17, 15) is 13.2 Å². The molecular formula is C19H22F3N3. The molecule has 2 aromatic rings. The fraction of sp³-hybridized carbons (Fsp3) is 0.421. The van der Waals surface area contributed by atoms with E-state index < -0.39 is 11.7 Å². The van der Waals surface area contributed by atoms with Gasteiger partial charge in [0.15, 0.2) is 0 Å². The monoisotopic (exact) mass is 349 g/mol. The van der Waals surface area contributed by atoms with E-state index in [4.69, 9.17) is 0 Å². The molecule has 0 atom stereocenters. The molecule has 1 fully saturated rings. The number of aromatic nitrogens is 1. The third kappa shape index (κ3) is 4.24. The van der Waals surface area contributed by atoms with Crippen LogP contribution >= 0.6 is 0 Å². The molecule has 134 valence electrons. The molecule has 0 bridgehead atoms. The van der Waals surface area contributed by atoms with E-state index in [0.29, 0.717) is 12.2 Å². The number of nitrogens with one attached hydrogen (secondary N) is 1. The lowest BCUT2D eigenvalue weighted by Gasteiger charge is -2.31. The van der Waals surface area contributed by atoms with Gasteiger partial charge in [0.25, 0.3) is 0 Å². The van der Waals surface area contributed by atoms with Gasteiger partial charge in [-0.15, -0.1) is 0 Å². The number of alkyl halides is 3. The molecule has 6 heteroatoms. The zero-order valence-corrected chi connectivity index (χ0v) is 14.2. The summed E-state index contributed by atoms with van der Waals surface area (Å²) >= 11 is 0. The maximum Gasteiger partial charge on any atom is 0.416 e. The molecule has 0 aliphatic carbocycles. The second-order valence-corrected chi connectivity index (χ2v) is 6.38. The minimum Gasteiger partial charge on any atom is -0.379 e. The normalized spacial score (nSPS) is 15.3. The molecule has 1 aliphatic heterocycles. The van der Waals surface area contributed by atoms with Gasteiger partial charge in [-0.2, -0.15) is 13.2 Å². The van der Waals surface area contributed by atoms with Crippen LogP contribution < -0.4 is 10.2 Å². The Balaban J connectivity index is 1.88. The molecule has 25 heavy (non-hydrogen) atoms. The molecule has 1 saturated heterocycles. The Morgan fingerprint density at radius 2 is 1.88 bits per heavy atom. The number of aryl methyl sites for hydroxylation is 1. The summed E-state index contributed by atoms with van der Waals surface area (Å²) in [5, 5.41) is 3.20. The molecule has 1 aromatic carbocycles. The number of pyridine rings is 1. The van der Waals surface area contributed by atoms with E-state index in [2.05, 4.69) is 15.2 Å². The van der Waals surface area contributed by atoms with Crippen molar-refractivity contribution in [3.63, 3.8) is 0 Å². The summed E-state index contributed by atoms with van der Waals surface area (Å²) in [6, 6.07) is 7.75. The number of rotatable bonds is 4. The van der Waals surface area contributed by atoms with Crippen molar-refractivity contribution in [2.75, 3.05) is 23.3 Å². The number of halogens is 3. The Hall–Kier alpha value is -2.24. The van der Waals surface area contributed by atoms with Crippen LogP contribution in [-0.2, 0) is 12.7 Å². The summed E-state index contributed by atoms with van der Waals surface area (Å²) in [5.41, 5.74) is 2.60. The van der Waals surface area contributed by atoms with Crippen molar-refractivity contribution in [2.45, 2.75) is 38.9 Å². The lowest BCUT2D eigenvalue weighted by molar-refractivity contribution is -0.137. The van der Waals surface area contributed by atoms with Crippen LogP contribution in [0.1, 0.15) is 36.1 Å². The summed E-state index contributed by atoms with van der Waals surface area (Å²) in [4.78, 5) is 6.40. The zero-order chi connectivity index (χ0) is 17.9. The second-order valence-electron chi connectivity index (χ2n) is 6.38. The third-order valence-electron chi connectivity index (χ3n) is 4.61. The van der Waals surface area contributed by atoms with Gasteiger partial charge >= 0.3 is 6.18 Å². The van der Waals surface area contributed by atoms with Crippen LogP contribution in [0.25, 0.3) is 0 Å². The average molecular weight is 349 g/mol. The number of benzene rings is 1. The van der Waals surface area contributed by atoms with Crippen LogP contribution in [0.3, 0.4) is 0 Å². The van der Waals surface area contributed by atoms with Crippen LogP contribution in [-0.4, -0.2) is 18.1 Å². The molecule has 1 N–H and O–H groups in total. The van der Waals surface area contributed by atoms with Crippen molar-refractivity contribution in [1.29, 1.82) is 0 Å². The first-order valence-electron chi connectivity index (χ1n) is 8.56. The quantitative estimate of drug-likeness (QED) is 0.841. The van der Waals surface area contributed by atoms with Crippen LogP contribution in [0.4, 0.5) is 24.5 Å². The standard InChI is InChI=1S/C19H22F3N3/c1-14-15(6-5-9-23-14)13-24-17-12-16(19(20,21)22)7-8-18(17)25-10-3-2-4-11-25/h5-9,12,24H,2-4,10-11,13H2,1H3. The molecule has 0 saturated carbocycles. The second kappa shape index (κ2) is 7.33. The van der Waals surface area contributed by atoms with E-state index in [1.807, 2.05) is 19.1 Å². The molecule has 0 spiro atoms. The van der Waals surface area contributed by atoms with E-state index in [-0.39, 0.29) is 0 Å². The van der Waals surface area contributed by atoms with E-state index in [0.717, 1.165) is 42.9 Å². The lowest BCUT2D eigenvalue weighted by atomic mass is 10.1. The predicted octanol–water partition coefficient (Wildman–Crippen LogP) is 5.01. The number of piperidine rings is 1. The van der Waals surface area contributed by atoms with Crippen LogP contribution in [0.5, 0.6) is 0 Å². The molecule has 0 amide bonds. The first kappa shape index (κ1) is 17.6. The topological polar surface area (TPSA) is 28.2 Å². The average Bonchev–Trinajstić information content (AvgIpc) is 2.61. The van der Waals surface area contributed by atoms with Gasteiger partial charge in [0, 0.05) is 31.5 Å². The van der Waals surface area contributed by atoms with Gasteiger partial charge in [-0.05, 0) is 56.0 Å². The van der Waals surface area contributed by atoms with Gasteiger partial charge in [-0.3, -0.25) is 4.98 Å². The van der Waals surface area contributed by atoms with Crippen molar-refractivity contribution in [3.05, 3.63) is 53.3 Å². The summed E-state index contributed by atoms with van der Waals surface area (Å²) in [7, 11) is 0. The fourth-order valence-corrected chi connectivity index (χ4v) is 3.16. The highest BCUT2D eigenvalue weighted by Crippen LogP contribution is 2.36. The van der Waals surface area contributed by atoms with E-state index in [1.165, 1.54) is 18.6 Å². The maximum atomic E-state index is 13.1. The number of nitrogens with zero attached hydrogens (tertiary/aromatic N) is 2. The Labute approximate surface area is 145 Å². The number of hydrogen-bond acceptors (Lipinski definition) is 3. The summed E-state index contributed by atoms with van der Waals surface area (Å²) in [6.45, 7) is 4.11. The predicted molar refractivity (Wildman–Crippen MR) is 93.8 cm³/mol. The van der Waals surface area contributed by atoms with Gasteiger partial charge < -0.3 is 10.2 Å². The van der Waals surface area contributed by atoms with Gasteiger partial charge in [0.2, 0.25) is 0 Å². The minimum atomic E-state index is -4.35. The van der Waals surface area contributed by atoms with Gasteiger partial charge in [-0.25, -0.2) is 0 Å². The summed E-state index contributed by atoms with van der Waals surface area (Å²) in [5.74, 6) is 0. The third-order valence-corrected chi connectivity index (χ3v) is 4.61. The largest absolute Gasteiger partial charge is 0.416 e. The first-order valence-corrected chi connectivity index (χ1v) is 8.56. The molecule has 0 unspecified atom stereocenters. The van der Waals surface area contributed by atoms with Gasteiger partial charge in [0.1, 0.15) is 0 Å². The van der Waals surface area contributed by atoms with E-state index >= 15 is 0 Å². The molecule has 1 aliphatic rings. The van der Waals surface area contributed by atoms with Crippen molar-refractivity contribution in [2.24, 2.45) is 0 Å². The zero-order valence-electron chi connectivity index (χ0n) is 14.2. The van der Waals surface area contributed by atoms with Crippen molar-refractivity contribution in [3.8, 4) is 0 Å². The minimum absolute atomic E-state index is 0.446. The van der Waals surface area contributed by atoms with Crippen molar-refractivity contribution < 1.29 is 13.2 Å². The Morgan fingerprint density at radius 3 is 2.56 bits per heavy atom. The van der Waals surface area contributed by atoms with Gasteiger partial charge in [0.05, 0.1) is 16.9 Å².